The summed E-state index contributed by atoms with van der Waals surface area (Å²) in [5.74, 6) is -0.724. The van der Waals surface area contributed by atoms with Crippen LogP contribution in [-0.2, 0) is 0 Å². The molecule has 1 aromatic heterocycles. The van der Waals surface area contributed by atoms with E-state index >= 15 is 0 Å². The van der Waals surface area contributed by atoms with Gasteiger partial charge in [0.15, 0.2) is 5.69 Å². The van der Waals surface area contributed by atoms with Crippen molar-refractivity contribution in [3.05, 3.63) is 46.8 Å². The predicted molar refractivity (Wildman–Crippen MR) is 76.7 cm³/mol. The van der Waals surface area contributed by atoms with Crippen LogP contribution in [0.3, 0.4) is 0 Å². The molecule has 6 heteroatoms. The molecule has 1 heterocycles. The average molecular weight is 288 g/mol. The van der Waals surface area contributed by atoms with E-state index in [9.17, 15) is 9.59 Å². The Morgan fingerprint density at radius 1 is 1.29 bits per heavy atom. The van der Waals surface area contributed by atoms with Crippen molar-refractivity contribution < 1.29 is 19.2 Å². The molecule has 2 N–H and O–H groups in total. The standard InChI is InChI=1S/C15H16N2O4/c1-8(2)13-7-12(17-21-13)14(18)16-11-6-10(15(19)20)5-4-9(11)3/h4-8H,1-3H3,(H,16,18)(H,19,20). The van der Waals surface area contributed by atoms with Crippen molar-refractivity contribution in [2.45, 2.75) is 26.7 Å². The van der Waals surface area contributed by atoms with Gasteiger partial charge < -0.3 is 14.9 Å². The molecule has 2 rings (SSSR count). The van der Waals surface area contributed by atoms with Crippen LogP contribution in [0, 0.1) is 6.92 Å². The first-order chi connectivity index (χ1) is 9.88. The number of hydrogen-bond acceptors (Lipinski definition) is 4. The molecule has 0 atom stereocenters. The Morgan fingerprint density at radius 2 is 2.00 bits per heavy atom. The second-order valence-electron chi connectivity index (χ2n) is 5.06. The highest BCUT2D eigenvalue weighted by atomic mass is 16.5. The van der Waals surface area contributed by atoms with E-state index in [0.717, 1.165) is 5.56 Å². The molecule has 0 fully saturated rings. The topological polar surface area (TPSA) is 92.4 Å². The monoisotopic (exact) mass is 288 g/mol. The van der Waals surface area contributed by atoms with Gasteiger partial charge in [0, 0.05) is 17.7 Å². The number of aromatic carboxylic acids is 1. The van der Waals surface area contributed by atoms with Gasteiger partial charge in [0.2, 0.25) is 0 Å². The summed E-state index contributed by atoms with van der Waals surface area (Å²) in [6.45, 7) is 5.65. The van der Waals surface area contributed by atoms with Gasteiger partial charge in [-0.3, -0.25) is 4.79 Å². The Kier molecular flexibility index (Phi) is 4.07. The van der Waals surface area contributed by atoms with E-state index in [2.05, 4.69) is 10.5 Å². The van der Waals surface area contributed by atoms with Gasteiger partial charge in [-0.15, -0.1) is 0 Å². The number of rotatable bonds is 4. The average Bonchev–Trinajstić information content (AvgIpc) is 2.90. The Labute approximate surface area is 121 Å². The van der Waals surface area contributed by atoms with Crippen LogP contribution in [0.25, 0.3) is 0 Å². The lowest BCUT2D eigenvalue weighted by Crippen LogP contribution is -2.13. The van der Waals surface area contributed by atoms with Gasteiger partial charge >= 0.3 is 5.97 Å². The smallest absolute Gasteiger partial charge is 0.335 e. The zero-order valence-corrected chi connectivity index (χ0v) is 12.0. The predicted octanol–water partition coefficient (Wildman–Crippen LogP) is 3.06. The molecule has 110 valence electrons. The molecule has 0 aliphatic heterocycles. The number of hydrogen-bond donors (Lipinski definition) is 2. The number of nitrogens with one attached hydrogen (secondary N) is 1. The summed E-state index contributed by atoms with van der Waals surface area (Å²) < 4.78 is 5.07. The maximum atomic E-state index is 12.1. The number of carboxylic acids is 1. The number of anilines is 1. The van der Waals surface area contributed by atoms with E-state index in [1.807, 2.05) is 13.8 Å². The van der Waals surface area contributed by atoms with Crippen molar-refractivity contribution in [1.82, 2.24) is 5.16 Å². The van der Waals surface area contributed by atoms with Crippen molar-refractivity contribution in [3.63, 3.8) is 0 Å². The fraction of sp³-hybridized carbons (Fsp3) is 0.267. The number of carbonyl (C=O) groups excluding carboxylic acids is 1. The molecule has 0 saturated heterocycles. The van der Waals surface area contributed by atoms with Crippen LogP contribution in [0.15, 0.2) is 28.8 Å². The van der Waals surface area contributed by atoms with Crippen LogP contribution in [0.2, 0.25) is 0 Å². The van der Waals surface area contributed by atoms with Crippen LogP contribution in [-0.4, -0.2) is 22.1 Å². The van der Waals surface area contributed by atoms with Crippen LogP contribution in [0.1, 0.15) is 51.9 Å². The van der Waals surface area contributed by atoms with E-state index in [0.29, 0.717) is 11.4 Å². The minimum Gasteiger partial charge on any atom is -0.478 e. The Hall–Kier alpha value is -2.63. The zero-order valence-electron chi connectivity index (χ0n) is 12.0. The van der Waals surface area contributed by atoms with Gasteiger partial charge in [0.05, 0.1) is 5.56 Å². The first-order valence-corrected chi connectivity index (χ1v) is 6.50. The molecule has 0 aliphatic carbocycles. The maximum absolute atomic E-state index is 12.1. The number of benzene rings is 1. The lowest BCUT2D eigenvalue weighted by Gasteiger charge is -2.07. The van der Waals surface area contributed by atoms with Gasteiger partial charge in [-0.2, -0.15) is 0 Å². The van der Waals surface area contributed by atoms with Crippen molar-refractivity contribution >= 4 is 17.6 Å². The molecule has 1 amide bonds. The molecular weight excluding hydrogens is 272 g/mol. The Bertz CT molecular complexity index is 689. The van der Waals surface area contributed by atoms with Crippen LogP contribution >= 0.6 is 0 Å². The van der Waals surface area contributed by atoms with Gasteiger partial charge in [-0.1, -0.05) is 25.1 Å². The molecular formula is C15H16N2O4. The molecule has 6 nitrogen and oxygen atoms in total. The molecule has 0 aliphatic rings. The van der Waals surface area contributed by atoms with E-state index in [4.69, 9.17) is 9.63 Å². The summed E-state index contributed by atoms with van der Waals surface area (Å²) in [6.07, 6.45) is 0. The highest BCUT2D eigenvalue weighted by molar-refractivity contribution is 6.04. The van der Waals surface area contributed by atoms with Crippen LogP contribution in [0.5, 0.6) is 0 Å². The molecule has 0 radical (unpaired) electrons. The second-order valence-corrected chi connectivity index (χ2v) is 5.06. The normalized spacial score (nSPS) is 10.7. The second kappa shape index (κ2) is 5.78. The fourth-order valence-electron chi connectivity index (χ4n) is 1.74. The minimum atomic E-state index is -1.05. The number of amides is 1. The third-order valence-electron chi connectivity index (χ3n) is 3.06. The number of aromatic nitrogens is 1. The third kappa shape index (κ3) is 3.28. The fourth-order valence-corrected chi connectivity index (χ4v) is 1.74. The minimum absolute atomic E-state index is 0.110. The quantitative estimate of drug-likeness (QED) is 0.902. The molecule has 2 aromatic rings. The first kappa shape index (κ1) is 14.8. The largest absolute Gasteiger partial charge is 0.478 e. The van der Waals surface area contributed by atoms with E-state index in [1.165, 1.54) is 12.1 Å². The molecule has 0 bridgehead atoms. The van der Waals surface area contributed by atoms with Crippen molar-refractivity contribution in [2.75, 3.05) is 5.32 Å². The molecule has 0 spiro atoms. The van der Waals surface area contributed by atoms with Gasteiger partial charge in [-0.05, 0) is 24.6 Å². The number of carbonyl (C=O) groups is 2. The summed E-state index contributed by atoms with van der Waals surface area (Å²) in [6, 6.07) is 6.12. The Morgan fingerprint density at radius 3 is 2.57 bits per heavy atom. The summed E-state index contributed by atoms with van der Waals surface area (Å²) in [5, 5.41) is 15.3. The lowest BCUT2D eigenvalue weighted by molar-refractivity contribution is 0.0696. The lowest BCUT2D eigenvalue weighted by atomic mass is 10.1. The number of aryl methyl sites for hydroxylation is 1. The van der Waals surface area contributed by atoms with E-state index in [-0.39, 0.29) is 17.2 Å². The SMILES string of the molecule is Cc1ccc(C(=O)O)cc1NC(=O)c1cc(C(C)C)on1. The van der Waals surface area contributed by atoms with Crippen LogP contribution < -0.4 is 5.32 Å². The maximum Gasteiger partial charge on any atom is 0.335 e. The first-order valence-electron chi connectivity index (χ1n) is 6.50. The summed E-state index contributed by atoms with van der Waals surface area (Å²) in [7, 11) is 0. The van der Waals surface area contributed by atoms with Gasteiger partial charge in [-0.25, -0.2) is 4.79 Å². The summed E-state index contributed by atoms with van der Waals surface area (Å²) >= 11 is 0. The van der Waals surface area contributed by atoms with Gasteiger partial charge in [0.25, 0.3) is 5.91 Å². The molecule has 21 heavy (non-hydrogen) atoms. The van der Waals surface area contributed by atoms with Crippen molar-refractivity contribution in [1.29, 1.82) is 0 Å². The summed E-state index contributed by atoms with van der Waals surface area (Å²) in [4.78, 5) is 23.1. The zero-order chi connectivity index (χ0) is 15.6. The molecule has 1 aromatic carbocycles. The Balaban J connectivity index is 2.22. The molecule has 0 saturated carbocycles. The van der Waals surface area contributed by atoms with Crippen molar-refractivity contribution in [2.24, 2.45) is 0 Å². The van der Waals surface area contributed by atoms with Gasteiger partial charge in [0.1, 0.15) is 5.76 Å². The van der Waals surface area contributed by atoms with E-state index < -0.39 is 11.9 Å². The highest BCUT2D eigenvalue weighted by Crippen LogP contribution is 2.19. The summed E-state index contributed by atoms with van der Waals surface area (Å²) in [5.41, 5.74) is 1.48. The molecule has 0 unspecified atom stereocenters. The third-order valence-corrected chi connectivity index (χ3v) is 3.06. The van der Waals surface area contributed by atoms with E-state index in [1.54, 1.807) is 19.1 Å². The number of carboxylic acid groups (broad SMARTS) is 1. The van der Waals surface area contributed by atoms with Crippen LogP contribution in [0.4, 0.5) is 5.69 Å². The van der Waals surface area contributed by atoms with Crippen molar-refractivity contribution in [3.8, 4) is 0 Å². The number of nitrogens with zero attached hydrogens (tertiary/aromatic N) is 1. The highest BCUT2D eigenvalue weighted by Gasteiger charge is 2.16.